The lowest BCUT2D eigenvalue weighted by Gasteiger charge is -2.40. The van der Waals surface area contributed by atoms with E-state index >= 15 is 0 Å². The monoisotopic (exact) mass is 303 g/mol. The van der Waals surface area contributed by atoms with E-state index in [4.69, 9.17) is 32.7 Å². The molecule has 1 aliphatic carbocycles. The average Bonchev–Trinajstić information content (AvgIpc) is 2.48. The number of nitrogens with one attached hydrogen (secondary N) is 1. The predicted octanol–water partition coefficient (Wildman–Crippen LogP) is 2.19. The van der Waals surface area contributed by atoms with Crippen LogP contribution in [0.3, 0.4) is 0 Å². The number of aromatic nitrogens is 1. The minimum Gasteiger partial charge on any atom is -0.398 e. The highest BCUT2D eigenvalue weighted by molar-refractivity contribution is 7.71. The SMILES string of the molecule is N#C/C=C(\N)c1cc2c([nH]c1=S)CCC1(C2)OCCCO1. The highest BCUT2D eigenvalue weighted by Gasteiger charge is 2.38. The van der Waals surface area contributed by atoms with Gasteiger partial charge >= 0.3 is 0 Å². The number of ether oxygens (including phenoxy) is 2. The normalized spacial score (nSPS) is 20.8. The highest BCUT2D eigenvalue weighted by atomic mass is 32.1. The summed E-state index contributed by atoms with van der Waals surface area (Å²) in [6.07, 6.45) is 4.59. The Kier molecular flexibility index (Phi) is 3.81. The van der Waals surface area contributed by atoms with Gasteiger partial charge in [-0.05, 0) is 24.5 Å². The largest absolute Gasteiger partial charge is 0.398 e. The second-order valence-corrected chi connectivity index (χ2v) is 5.79. The molecule has 1 fully saturated rings. The van der Waals surface area contributed by atoms with Gasteiger partial charge in [-0.25, -0.2) is 0 Å². The molecule has 0 bridgehead atoms. The molecule has 2 heterocycles. The molecule has 1 aromatic heterocycles. The molecule has 3 N–H and O–H groups in total. The lowest BCUT2D eigenvalue weighted by molar-refractivity contribution is -0.271. The fraction of sp³-hybridized carbons (Fsp3) is 0.467. The van der Waals surface area contributed by atoms with E-state index in [1.165, 1.54) is 6.08 Å². The third kappa shape index (κ3) is 2.72. The molecule has 0 radical (unpaired) electrons. The number of hydrogen-bond donors (Lipinski definition) is 2. The van der Waals surface area contributed by atoms with Gasteiger partial charge in [0.05, 0.1) is 25.0 Å². The van der Waals surface area contributed by atoms with Crippen LogP contribution in [0.1, 0.15) is 29.7 Å². The average molecular weight is 303 g/mol. The van der Waals surface area contributed by atoms with Crippen LogP contribution in [0, 0.1) is 16.0 Å². The second kappa shape index (κ2) is 5.60. The Balaban J connectivity index is 1.98. The third-order valence-corrected chi connectivity index (χ3v) is 4.30. The Labute approximate surface area is 128 Å². The first-order valence-corrected chi connectivity index (χ1v) is 7.43. The Bertz CT molecular complexity index is 681. The van der Waals surface area contributed by atoms with Gasteiger partial charge in [0, 0.05) is 30.2 Å². The van der Waals surface area contributed by atoms with Crippen molar-refractivity contribution in [1.29, 1.82) is 5.26 Å². The van der Waals surface area contributed by atoms with Crippen molar-refractivity contribution in [2.24, 2.45) is 5.73 Å². The van der Waals surface area contributed by atoms with Gasteiger partial charge < -0.3 is 20.2 Å². The maximum atomic E-state index is 8.74. The molecular weight excluding hydrogens is 286 g/mol. The van der Waals surface area contributed by atoms with Gasteiger partial charge in [0.15, 0.2) is 5.79 Å². The van der Waals surface area contributed by atoms with E-state index < -0.39 is 5.79 Å². The summed E-state index contributed by atoms with van der Waals surface area (Å²) in [5.74, 6) is -0.507. The summed E-state index contributed by atoms with van der Waals surface area (Å²) >= 11 is 5.33. The lowest BCUT2D eigenvalue weighted by atomic mass is 9.89. The van der Waals surface area contributed by atoms with Crippen molar-refractivity contribution in [1.82, 2.24) is 4.98 Å². The molecule has 6 heteroatoms. The summed E-state index contributed by atoms with van der Waals surface area (Å²) in [5, 5.41) is 8.74. The van der Waals surface area contributed by atoms with Crippen molar-refractivity contribution in [3.8, 4) is 6.07 Å². The molecule has 0 amide bonds. The van der Waals surface area contributed by atoms with Crippen molar-refractivity contribution >= 4 is 17.9 Å². The van der Waals surface area contributed by atoms with Gasteiger partial charge in [-0.15, -0.1) is 0 Å². The molecule has 1 spiro atoms. The standard InChI is InChI=1S/C15H17N3O2S/c16-5-3-12(17)11-8-10-9-15(19-6-1-7-20-15)4-2-13(10)18-14(11)21/h3,8H,1-2,4,6-7,9,17H2,(H,18,21)/b12-3-. The van der Waals surface area contributed by atoms with Gasteiger partial charge in [0.2, 0.25) is 0 Å². The van der Waals surface area contributed by atoms with Gasteiger partial charge in [0.1, 0.15) is 4.64 Å². The zero-order valence-electron chi connectivity index (χ0n) is 11.6. The molecule has 0 atom stereocenters. The van der Waals surface area contributed by atoms with E-state index in [2.05, 4.69) is 4.98 Å². The molecule has 21 heavy (non-hydrogen) atoms. The van der Waals surface area contributed by atoms with Gasteiger partial charge in [-0.1, -0.05) is 12.2 Å². The number of nitrogens with two attached hydrogens (primary N) is 1. The minimum atomic E-state index is -0.507. The molecule has 0 saturated carbocycles. The number of aryl methyl sites for hydroxylation is 1. The minimum absolute atomic E-state index is 0.381. The number of H-pyrrole nitrogens is 1. The van der Waals surface area contributed by atoms with E-state index in [9.17, 15) is 0 Å². The molecular formula is C15H17N3O2S. The van der Waals surface area contributed by atoms with E-state index in [-0.39, 0.29) is 0 Å². The van der Waals surface area contributed by atoms with Crippen molar-refractivity contribution in [3.05, 3.63) is 33.6 Å². The number of fused-ring (bicyclic) bond motifs is 1. The van der Waals surface area contributed by atoms with Crippen LogP contribution < -0.4 is 5.73 Å². The van der Waals surface area contributed by atoms with Crippen molar-refractivity contribution in [3.63, 3.8) is 0 Å². The molecule has 1 saturated heterocycles. The van der Waals surface area contributed by atoms with Gasteiger partial charge in [-0.3, -0.25) is 0 Å². The van der Waals surface area contributed by atoms with Crippen LogP contribution in [0.4, 0.5) is 0 Å². The topological polar surface area (TPSA) is 84.1 Å². The molecule has 2 aliphatic rings. The van der Waals surface area contributed by atoms with Crippen LogP contribution in [0.2, 0.25) is 0 Å². The van der Waals surface area contributed by atoms with E-state index in [0.717, 1.165) is 43.7 Å². The van der Waals surface area contributed by atoms with Crippen LogP contribution >= 0.6 is 12.2 Å². The highest BCUT2D eigenvalue weighted by Crippen LogP contribution is 2.34. The summed E-state index contributed by atoms with van der Waals surface area (Å²) in [7, 11) is 0. The second-order valence-electron chi connectivity index (χ2n) is 5.38. The fourth-order valence-corrected chi connectivity index (χ4v) is 3.21. The number of aromatic amines is 1. The number of hydrogen-bond acceptors (Lipinski definition) is 5. The summed E-state index contributed by atoms with van der Waals surface area (Å²) in [5.41, 5.74) is 9.18. The van der Waals surface area contributed by atoms with Crippen LogP contribution in [-0.2, 0) is 22.3 Å². The van der Waals surface area contributed by atoms with Gasteiger partial charge in [-0.2, -0.15) is 5.26 Å². The Morgan fingerprint density at radius 3 is 2.95 bits per heavy atom. The first-order chi connectivity index (χ1) is 10.1. The summed E-state index contributed by atoms with van der Waals surface area (Å²) in [6.45, 7) is 1.48. The summed E-state index contributed by atoms with van der Waals surface area (Å²) < 4.78 is 12.3. The molecule has 110 valence electrons. The zero-order chi connectivity index (χ0) is 14.9. The quantitative estimate of drug-likeness (QED) is 0.613. The summed E-state index contributed by atoms with van der Waals surface area (Å²) in [4.78, 5) is 3.23. The molecule has 0 aromatic carbocycles. The molecule has 0 unspecified atom stereocenters. The Morgan fingerprint density at radius 2 is 2.24 bits per heavy atom. The maximum Gasteiger partial charge on any atom is 0.172 e. The smallest absolute Gasteiger partial charge is 0.172 e. The van der Waals surface area contributed by atoms with Crippen LogP contribution in [0.5, 0.6) is 0 Å². The Morgan fingerprint density at radius 1 is 1.48 bits per heavy atom. The maximum absolute atomic E-state index is 8.74. The van der Waals surface area contributed by atoms with E-state index in [1.54, 1.807) is 0 Å². The van der Waals surface area contributed by atoms with Crippen molar-refractivity contribution in [2.45, 2.75) is 31.5 Å². The fourth-order valence-electron chi connectivity index (χ4n) is 2.91. The molecule has 1 aromatic rings. The number of allylic oxidation sites excluding steroid dienone is 1. The first-order valence-electron chi connectivity index (χ1n) is 7.02. The number of pyridine rings is 1. The van der Waals surface area contributed by atoms with Crippen molar-refractivity contribution < 1.29 is 9.47 Å². The number of rotatable bonds is 1. The first kappa shape index (κ1) is 14.3. The molecule has 1 aliphatic heterocycles. The van der Waals surface area contributed by atoms with Crippen LogP contribution in [0.25, 0.3) is 5.70 Å². The Hall–Kier alpha value is -1.68. The number of nitriles is 1. The van der Waals surface area contributed by atoms with Gasteiger partial charge in [0.25, 0.3) is 0 Å². The van der Waals surface area contributed by atoms with E-state index in [0.29, 0.717) is 22.3 Å². The van der Waals surface area contributed by atoms with Crippen LogP contribution in [0.15, 0.2) is 12.1 Å². The third-order valence-electron chi connectivity index (χ3n) is 3.98. The number of nitrogens with zero attached hydrogens (tertiary/aromatic N) is 1. The van der Waals surface area contributed by atoms with E-state index in [1.807, 2.05) is 12.1 Å². The zero-order valence-corrected chi connectivity index (χ0v) is 12.5. The molecule has 3 rings (SSSR count). The molecule has 5 nitrogen and oxygen atoms in total. The predicted molar refractivity (Wildman–Crippen MR) is 80.7 cm³/mol. The summed E-state index contributed by atoms with van der Waals surface area (Å²) in [6, 6.07) is 3.89. The van der Waals surface area contributed by atoms with Crippen molar-refractivity contribution in [2.75, 3.05) is 13.2 Å². The lowest BCUT2D eigenvalue weighted by Crippen LogP contribution is -2.45. The van der Waals surface area contributed by atoms with Crippen LogP contribution in [-0.4, -0.2) is 24.0 Å².